The Hall–Kier alpha value is -2.31. The molecule has 1 aliphatic rings. The normalized spacial score (nSPS) is 16.9. The van der Waals surface area contributed by atoms with Crippen molar-refractivity contribution in [3.63, 3.8) is 0 Å². The number of hydrogen-bond donors (Lipinski definition) is 1. The summed E-state index contributed by atoms with van der Waals surface area (Å²) in [6.07, 6.45) is 1.54. The summed E-state index contributed by atoms with van der Waals surface area (Å²) in [7, 11) is 2.15. The summed E-state index contributed by atoms with van der Waals surface area (Å²) in [6.45, 7) is 9.53. The van der Waals surface area contributed by atoms with Gasteiger partial charge in [-0.15, -0.1) is 0 Å². The van der Waals surface area contributed by atoms with Crippen LogP contribution >= 0.6 is 0 Å². The van der Waals surface area contributed by atoms with Crippen LogP contribution in [0, 0.1) is 5.92 Å². The number of carbonyl (C=O) groups excluding carboxylic acids is 1. The van der Waals surface area contributed by atoms with E-state index >= 15 is 0 Å². The fourth-order valence-electron chi connectivity index (χ4n) is 3.54. The zero-order chi connectivity index (χ0) is 19.9. The largest absolute Gasteiger partial charge is 0.489 e. The van der Waals surface area contributed by atoms with Crippen LogP contribution < -0.4 is 10.1 Å². The molecule has 1 N–H and O–H groups in total. The number of nitrogens with zero attached hydrogens (tertiary/aromatic N) is 2. The first-order valence-electron chi connectivity index (χ1n) is 9.99. The fraction of sp³-hybridized carbons (Fsp3) is 0.500. The Kier molecular flexibility index (Phi) is 7.12. The number of piperazine rings is 1. The van der Waals surface area contributed by atoms with Crippen LogP contribution in [0.5, 0.6) is 5.75 Å². The van der Waals surface area contributed by atoms with E-state index in [4.69, 9.17) is 9.15 Å². The number of para-hydroxylation sites is 1. The molecular weight excluding hydrogens is 354 g/mol. The molecule has 1 atom stereocenters. The Morgan fingerprint density at radius 1 is 1.14 bits per heavy atom. The minimum absolute atomic E-state index is 0.184. The molecule has 1 aromatic carbocycles. The number of amides is 1. The monoisotopic (exact) mass is 385 g/mol. The highest BCUT2D eigenvalue weighted by Gasteiger charge is 2.26. The van der Waals surface area contributed by atoms with Crippen LogP contribution in [0.4, 0.5) is 0 Å². The maximum absolute atomic E-state index is 12.7. The van der Waals surface area contributed by atoms with E-state index in [1.54, 1.807) is 12.3 Å². The lowest BCUT2D eigenvalue weighted by Gasteiger charge is -2.39. The fourth-order valence-corrected chi connectivity index (χ4v) is 3.54. The van der Waals surface area contributed by atoms with Gasteiger partial charge in [-0.3, -0.25) is 9.69 Å². The molecule has 1 fully saturated rings. The van der Waals surface area contributed by atoms with Crippen molar-refractivity contribution in [3.05, 3.63) is 54.0 Å². The van der Waals surface area contributed by atoms with E-state index in [2.05, 4.69) is 36.0 Å². The van der Waals surface area contributed by atoms with Crippen LogP contribution in [0.3, 0.4) is 0 Å². The Balaban J connectivity index is 1.56. The third kappa shape index (κ3) is 5.36. The van der Waals surface area contributed by atoms with Gasteiger partial charge >= 0.3 is 0 Å². The zero-order valence-electron chi connectivity index (χ0n) is 17.1. The van der Waals surface area contributed by atoms with E-state index in [0.717, 1.165) is 37.5 Å². The lowest BCUT2D eigenvalue weighted by atomic mass is 10.0. The molecule has 0 radical (unpaired) electrons. The number of nitrogens with one attached hydrogen (secondary N) is 1. The van der Waals surface area contributed by atoms with Gasteiger partial charge < -0.3 is 19.4 Å². The molecule has 28 heavy (non-hydrogen) atoms. The number of hydrogen-bond acceptors (Lipinski definition) is 5. The Morgan fingerprint density at radius 2 is 1.86 bits per heavy atom. The Labute approximate surface area is 167 Å². The molecule has 1 aliphatic heterocycles. The lowest BCUT2D eigenvalue weighted by molar-refractivity contribution is 0.0775. The highest BCUT2D eigenvalue weighted by molar-refractivity contribution is 5.92. The van der Waals surface area contributed by atoms with Crippen molar-refractivity contribution in [2.24, 2.45) is 5.92 Å². The van der Waals surface area contributed by atoms with Crippen molar-refractivity contribution < 1.29 is 13.9 Å². The van der Waals surface area contributed by atoms with Gasteiger partial charge in [-0.05, 0) is 31.2 Å². The van der Waals surface area contributed by atoms with Crippen LogP contribution in [0.1, 0.15) is 30.0 Å². The molecule has 2 heterocycles. The highest BCUT2D eigenvalue weighted by Crippen LogP contribution is 2.17. The average molecular weight is 386 g/mol. The average Bonchev–Trinajstić information content (AvgIpc) is 3.17. The summed E-state index contributed by atoms with van der Waals surface area (Å²) in [4.78, 5) is 17.5. The van der Waals surface area contributed by atoms with E-state index in [0.29, 0.717) is 30.9 Å². The predicted octanol–water partition coefficient (Wildman–Crippen LogP) is 2.86. The summed E-state index contributed by atoms with van der Waals surface area (Å²) in [5.74, 6) is 1.37. The van der Waals surface area contributed by atoms with E-state index in [1.165, 1.54) is 0 Å². The SMILES string of the molecule is CC(C)[C@@H](CNC(=O)c1occc1COc1ccccc1)N1CCN(C)CC1. The van der Waals surface area contributed by atoms with E-state index in [1.807, 2.05) is 30.3 Å². The van der Waals surface area contributed by atoms with Gasteiger partial charge in [0.1, 0.15) is 12.4 Å². The van der Waals surface area contributed by atoms with Gasteiger partial charge in [0.25, 0.3) is 5.91 Å². The second-order valence-electron chi connectivity index (χ2n) is 7.74. The van der Waals surface area contributed by atoms with Gasteiger partial charge in [-0.25, -0.2) is 0 Å². The maximum atomic E-state index is 12.7. The van der Waals surface area contributed by atoms with Gasteiger partial charge in [0, 0.05) is 44.3 Å². The van der Waals surface area contributed by atoms with Crippen LogP contribution in [0.2, 0.25) is 0 Å². The molecule has 0 saturated carbocycles. The first-order chi connectivity index (χ1) is 13.5. The predicted molar refractivity (Wildman–Crippen MR) is 110 cm³/mol. The van der Waals surface area contributed by atoms with Crippen LogP contribution in [-0.2, 0) is 6.61 Å². The standard InChI is InChI=1S/C22H31N3O3/c1-17(2)20(25-12-10-24(3)11-13-25)15-23-22(26)21-18(9-14-27-21)16-28-19-7-5-4-6-8-19/h4-9,14,17,20H,10-13,15-16H2,1-3H3,(H,23,26)/t20-/m1/s1. The first-order valence-corrected chi connectivity index (χ1v) is 9.99. The second kappa shape index (κ2) is 9.75. The van der Waals surface area contributed by atoms with Crippen LogP contribution in [0.25, 0.3) is 0 Å². The Morgan fingerprint density at radius 3 is 2.54 bits per heavy atom. The van der Waals surface area contributed by atoms with Crippen LogP contribution in [-0.4, -0.2) is 61.5 Å². The Bertz CT molecular complexity index is 736. The van der Waals surface area contributed by atoms with Crippen molar-refractivity contribution in [1.29, 1.82) is 0 Å². The summed E-state index contributed by atoms with van der Waals surface area (Å²) < 4.78 is 11.2. The molecule has 0 unspecified atom stereocenters. The summed E-state index contributed by atoms with van der Waals surface area (Å²) in [5, 5.41) is 3.07. The third-order valence-electron chi connectivity index (χ3n) is 5.34. The number of rotatable bonds is 8. The van der Waals surface area contributed by atoms with Crippen molar-refractivity contribution in [2.75, 3.05) is 39.8 Å². The van der Waals surface area contributed by atoms with Crippen molar-refractivity contribution in [3.8, 4) is 5.75 Å². The summed E-state index contributed by atoms with van der Waals surface area (Å²) in [5.41, 5.74) is 0.752. The number of likely N-dealkylation sites (N-methyl/N-ethyl adjacent to an activating group) is 1. The zero-order valence-corrected chi connectivity index (χ0v) is 17.1. The van der Waals surface area contributed by atoms with Gasteiger partial charge in [-0.1, -0.05) is 32.0 Å². The maximum Gasteiger partial charge on any atom is 0.287 e. The molecule has 6 nitrogen and oxygen atoms in total. The molecule has 6 heteroatoms. The lowest BCUT2D eigenvalue weighted by Crippen LogP contribution is -2.54. The van der Waals surface area contributed by atoms with Gasteiger partial charge in [0.15, 0.2) is 5.76 Å². The quantitative estimate of drug-likeness (QED) is 0.757. The molecule has 1 amide bonds. The van der Waals surface area contributed by atoms with Gasteiger partial charge in [0.2, 0.25) is 0 Å². The van der Waals surface area contributed by atoms with E-state index in [9.17, 15) is 4.79 Å². The summed E-state index contributed by atoms with van der Waals surface area (Å²) in [6, 6.07) is 11.7. The molecule has 0 spiro atoms. The van der Waals surface area contributed by atoms with Gasteiger partial charge in [-0.2, -0.15) is 0 Å². The number of benzene rings is 1. The molecule has 0 bridgehead atoms. The third-order valence-corrected chi connectivity index (χ3v) is 5.34. The number of carbonyl (C=O) groups is 1. The topological polar surface area (TPSA) is 58.0 Å². The number of ether oxygens (including phenoxy) is 1. The van der Waals surface area contributed by atoms with Gasteiger partial charge in [0.05, 0.1) is 6.26 Å². The first kappa shape index (κ1) is 20.4. The van der Waals surface area contributed by atoms with E-state index in [-0.39, 0.29) is 5.91 Å². The molecule has 152 valence electrons. The minimum atomic E-state index is -0.184. The minimum Gasteiger partial charge on any atom is -0.489 e. The van der Waals surface area contributed by atoms with Crippen molar-refractivity contribution >= 4 is 5.91 Å². The number of furan rings is 1. The highest BCUT2D eigenvalue weighted by atomic mass is 16.5. The smallest absolute Gasteiger partial charge is 0.287 e. The van der Waals surface area contributed by atoms with Crippen molar-refractivity contribution in [2.45, 2.75) is 26.5 Å². The summed E-state index contributed by atoms with van der Waals surface area (Å²) >= 11 is 0. The molecular formula is C22H31N3O3. The second-order valence-corrected chi connectivity index (χ2v) is 7.74. The molecule has 2 aromatic rings. The van der Waals surface area contributed by atoms with E-state index < -0.39 is 0 Å². The molecule has 1 saturated heterocycles. The van der Waals surface area contributed by atoms with Crippen LogP contribution in [0.15, 0.2) is 47.1 Å². The molecule has 3 rings (SSSR count). The van der Waals surface area contributed by atoms with Crippen molar-refractivity contribution in [1.82, 2.24) is 15.1 Å². The molecule has 0 aliphatic carbocycles. The molecule has 1 aromatic heterocycles.